The molecule has 5 heteroatoms. The Morgan fingerprint density at radius 3 is 2.80 bits per heavy atom. The molecule has 0 fully saturated rings. The van der Waals surface area contributed by atoms with Crippen LogP contribution in [-0.4, -0.2) is 35.8 Å². The van der Waals surface area contributed by atoms with Crippen LogP contribution >= 0.6 is 0 Å². The van der Waals surface area contributed by atoms with Crippen LogP contribution in [0.15, 0.2) is 12.4 Å². The summed E-state index contributed by atoms with van der Waals surface area (Å²) in [7, 11) is 3.68. The topological polar surface area (TPSA) is 73.7 Å². The summed E-state index contributed by atoms with van der Waals surface area (Å²) in [5.41, 5.74) is 1.20. The standard InChI is InChI=1S/C10H17N5/c1-7(12-2)4-8(11)9-5-10(13-3)15-6-14-9/h5-7,11-12H,4H2,1-3H3,(H,13,14,15)/t7-/m1/s1. The van der Waals surface area contributed by atoms with Gasteiger partial charge in [0.25, 0.3) is 0 Å². The molecule has 0 unspecified atom stereocenters. The molecular formula is C10H17N5. The van der Waals surface area contributed by atoms with Gasteiger partial charge in [0.05, 0.1) is 11.4 Å². The first-order valence-corrected chi connectivity index (χ1v) is 4.92. The van der Waals surface area contributed by atoms with E-state index in [1.54, 1.807) is 13.1 Å². The fraction of sp³-hybridized carbons (Fsp3) is 0.500. The second-order valence-corrected chi connectivity index (χ2v) is 3.41. The zero-order chi connectivity index (χ0) is 11.3. The molecule has 3 N–H and O–H groups in total. The summed E-state index contributed by atoms with van der Waals surface area (Å²) in [6.45, 7) is 2.04. The van der Waals surface area contributed by atoms with Crippen molar-refractivity contribution in [2.75, 3.05) is 19.4 Å². The Morgan fingerprint density at radius 2 is 2.20 bits per heavy atom. The molecule has 0 amide bonds. The lowest BCUT2D eigenvalue weighted by atomic mass is 10.1. The van der Waals surface area contributed by atoms with Gasteiger partial charge >= 0.3 is 0 Å². The molecule has 5 nitrogen and oxygen atoms in total. The van der Waals surface area contributed by atoms with Crippen LogP contribution in [0.4, 0.5) is 5.82 Å². The van der Waals surface area contributed by atoms with Gasteiger partial charge in [-0.15, -0.1) is 0 Å². The van der Waals surface area contributed by atoms with Crippen LogP contribution in [0, 0.1) is 5.41 Å². The normalized spacial score (nSPS) is 12.2. The number of rotatable bonds is 5. The third kappa shape index (κ3) is 3.28. The summed E-state index contributed by atoms with van der Waals surface area (Å²) in [5.74, 6) is 0.738. The predicted molar refractivity (Wildman–Crippen MR) is 61.5 cm³/mol. The van der Waals surface area contributed by atoms with Crippen molar-refractivity contribution in [3.8, 4) is 0 Å². The molecule has 1 aromatic rings. The maximum Gasteiger partial charge on any atom is 0.129 e. The van der Waals surface area contributed by atoms with Gasteiger partial charge < -0.3 is 16.0 Å². The molecule has 1 heterocycles. The smallest absolute Gasteiger partial charge is 0.129 e. The van der Waals surface area contributed by atoms with Gasteiger partial charge in [-0.25, -0.2) is 9.97 Å². The Morgan fingerprint density at radius 1 is 1.47 bits per heavy atom. The molecule has 0 bridgehead atoms. The lowest BCUT2D eigenvalue weighted by Crippen LogP contribution is -2.24. The Labute approximate surface area is 89.8 Å². The Balaban J connectivity index is 2.73. The average molecular weight is 207 g/mol. The van der Waals surface area contributed by atoms with E-state index in [0.717, 1.165) is 5.82 Å². The van der Waals surface area contributed by atoms with Crippen molar-refractivity contribution in [3.05, 3.63) is 18.1 Å². The zero-order valence-electron chi connectivity index (χ0n) is 9.33. The van der Waals surface area contributed by atoms with E-state index in [9.17, 15) is 0 Å². The minimum atomic E-state index is 0.283. The molecule has 0 aliphatic rings. The highest BCUT2D eigenvalue weighted by molar-refractivity contribution is 5.97. The largest absolute Gasteiger partial charge is 0.373 e. The zero-order valence-corrected chi connectivity index (χ0v) is 9.33. The van der Waals surface area contributed by atoms with Gasteiger partial charge in [0.2, 0.25) is 0 Å². The number of anilines is 1. The first kappa shape index (κ1) is 11.6. The fourth-order valence-electron chi connectivity index (χ4n) is 1.17. The van der Waals surface area contributed by atoms with Crippen molar-refractivity contribution in [2.45, 2.75) is 19.4 Å². The van der Waals surface area contributed by atoms with Crippen molar-refractivity contribution in [3.63, 3.8) is 0 Å². The van der Waals surface area contributed by atoms with Gasteiger partial charge in [-0.3, -0.25) is 0 Å². The molecule has 1 atom stereocenters. The Kier molecular flexibility index (Phi) is 4.17. The summed E-state index contributed by atoms with van der Waals surface area (Å²) in [6.07, 6.45) is 2.14. The van der Waals surface area contributed by atoms with E-state index < -0.39 is 0 Å². The first-order valence-electron chi connectivity index (χ1n) is 4.92. The highest BCUT2D eigenvalue weighted by atomic mass is 15.0. The number of nitrogens with zero attached hydrogens (tertiary/aromatic N) is 2. The highest BCUT2D eigenvalue weighted by Crippen LogP contribution is 2.06. The quantitative estimate of drug-likeness (QED) is 0.627. The molecule has 0 spiro atoms. The number of nitrogens with one attached hydrogen (secondary N) is 3. The minimum Gasteiger partial charge on any atom is -0.373 e. The van der Waals surface area contributed by atoms with Gasteiger partial charge in [-0.1, -0.05) is 0 Å². The van der Waals surface area contributed by atoms with Crippen LogP contribution in [0.5, 0.6) is 0 Å². The molecule has 0 radical (unpaired) electrons. The van der Waals surface area contributed by atoms with Crippen LogP contribution in [-0.2, 0) is 0 Å². The van der Waals surface area contributed by atoms with Gasteiger partial charge in [0, 0.05) is 25.6 Å². The van der Waals surface area contributed by atoms with E-state index >= 15 is 0 Å². The summed E-state index contributed by atoms with van der Waals surface area (Å²) in [5, 5.41) is 13.9. The van der Waals surface area contributed by atoms with Gasteiger partial charge in [0.15, 0.2) is 0 Å². The van der Waals surface area contributed by atoms with Crippen LogP contribution in [0.25, 0.3) is 0 Å². The van der Waals surface area contributed by atoms with Crippen molar-refractivity contribution >= 4 is 11.5 Å². The number of aromatic nitrogens is 2. The van der Waals surface area contributed by atoms with Gasteiger partial charge in [0.1, 0.15) is 12.1 Å². The summed E-state index contributed by atoms with van der Waals surface area (Å²) >= 11 is 0. The molecule has 0 aliphatic carbocycles. The Bertz CT molecular complexity index is 336. The van der Waals surface area contributed by atoms with E-state index in [4.69, 9.17) is 5.41 Å². The van der Waals surface area contributed by atoms with Crippen molar-refractivity contribution in [2.24, 2.45) is 0 Å². The molecular weight excluding hydrogens is 190 g/mol. The summed E-state index contributed by atoms with van der Waals surface area (Å²) < 4.78 is 0. The van der Waals surface area contributed by atoms with Crippen molar-refractivity contribution in [1.82, 2.24) is 15.3 Å². The molecule has 15 heavy (non-hydrogen) atoms. The van der Waals surface area contributed by atoms with Crippen molar-refractivity contribution < 1.29 is 0 Å². The maximum atomic E-state index is 7.88. The van der Waals surface area contributed by atoms with E-state index in [1.165, 1.54) is 6.33 Å². The van der Waals surface area contributed by atoms with Crippen LogP contribution in [0.2, 0.25) is 0 Å². The van der Waals surface area contributed by atoms with E-state index in [0.29, 0.717) is 17.8 Å². The minimum absolute atomic E-state index is 0.283. The van der Waals surface area contributed by atoms with Crippen molar-refractivity contribution in [1.29, 1.82) is 5.41 Å². The van der Waals surface area contributed by atoms with E-state index in [2.05, 4.69) is 20.6 Å². The molecule has 1 rings (SSSR count). The molecule has 82 valence electrons. The lowest BCUT2D eigenvalue weighted by Gasteiger charge is -2.10. The molecule has 0 saturated heterocycles. The van der Waals surface area contributed by atoms with Gasteiger partial charge in [-0.05, 0) is 14.0 Å². The summed E-state index contributed by atoms with van der Waals surface area (Å²) in [6, 6.07) is 2.07. The Hall–Kier alpha value is -1.49. The number of hydrogen-bond acceptors (Lipinski definition) is 5. The summed E-state index contributed by atoms with van der Waals surface area (Å²) in [4.78, 5) is 8.08. The monoisotopic (exact) mass is 207 g/mol. The predicted octanol–water partition coefficient (Wildman–Crippen LogP) is 0.884. The highest BCUT2D eigenvalue weighted by Gasteiger charge is 2.08. The van der Waals surface area contributed by atoms with E-state index in [1.807, 2.05) is 14.0 Å². The third-order valence-electron chi connectivity index (χ3n) is 2.24. The first-order chi connectivity index (χ1) is 7.17. The second-order valence-electron chi connectivity index (χ2n) is 3.41. The lowest BCUT2D eigenvalue weighted by molar-refractivity contribution is 0.632. The molecule has 0 aliphatic heterocycles. The molecule has 0 aromatic carbocycles. The van der Waals surface area contributed by atoms with Crippen LogP contribution < -0.4 is 10.6 Å². The third-order valence-corrected chi connectivity index (χ3v) is 2.24. The second kappa shape index (κ2) is 5.41. The maximum absolute atomic E-state index is 7.88. The van der Waals surface area contributed by atoms with Crippen LogP contribution in [0.1, 0.15) is 19.0 Å². The SMILES string of the molecule is CNc1cc(C(=N)C[C@@H](C)NC)ncn1. The fourth-order valence-corrected chi connectivity index (χ4v) is 1.17. The average Bonchev–Trinajstić information content (AvgIpc) is 2.28. The van der Waals surface area contributed by atoms with E-state index in [-0.39, 0.29) is 6.04 Å². The molecule has 1 aromatic heterocycles. The molecule has 0 saturated carbocycles. The van der Waals surface area contributed by atoms with Crippen LogP contribution in [0.3, 0.4) is 0 Å². The number of hydrogen-bond donors (Lipinski definition) is 3. The van der Waals surface area contributed by atoms with Gasteiger partial charge in [-0.2, -0.15) is 0 Å².